The van der Waals surface area contributed by atoms with E-state index in [1.165, 1.54) is 11.8 Å². The van der Waals surface area contributed by atoms with Gasteiger partial charge in [-0.05, 0) is 30.3 Å². The van der Waals surface area contributed by atoms with Crippen LogP contribution in [0, 0.1) is 0 Å². The molecule has 0 radical (unpaired) electrons. The van der Waals surface area contributed by atoms with E-state index in [9.17, 15) is 4.79 Å². The standard InChI is InChI=1S/C15H14N2O3S/c16-11-3-1-2-10(15(17)18)14(11)21-9-4-5-12-13(8-9)20-7-6-19-12/h1-5,8H,6-7,16H2,(H2,17,18). The predicted molar refractivity (Wildman–Crippen MR) is 80.9 cm³/mol. The van der Waals surface area contributed by atoms with Gasteiger partial charge in [-0.1, -0.05) is 17.8 Å². The van der Waals surface area contributed by atoms with Gasteiger partial charge >= 0.3 is 0 Å². The molecule has 2 aromatic rings. The summed E-state index contributed by atoms with van der Waals surface area (Å²) in [6, 6.07) is 10.7. The highest BCUT2D eigenvalue weighted by atomic mass is 32.2. The van der Waals surface area contributed by atoms with E-state index in [4.69, 9.17) is 20.9 Å². The number of primary amides is 1. The van der Waals surface area contributed by atoms with Crippen molar-refractivity contribution >= 4 is 23.4 Å². The molecule has 1 amide bonds. The Kier molecular flexibility index (Phi) is 3.62. The highest BCUT2D eigenvalue weighted by Gasteiger charge is 2.15. The summed E-state index contributed by atoms with van der Waals surface area (Å²) in [5.74, 6) is 0.922. The van der Waals surface area contributed by atoms with Crippen molar-refractivity contribution in [2.45, 2.75) is 9.79 Å². The third kappa shape index (κ3) is 2.75. The van der Waals surface area contributed by atoms with E-state index in [-0.39, 0.29) is 0 Å². The number of rotatable bonds is 3. The molecular weight excluding hydrogens is 288 g/mol. The Hall–Kier alpha value is -2.34. The van der Waals surface area contributed by atoms with E-state index in [1.54, 1.807) is 18.2 Å². The normalized spacial score (nSPS) is 13.0. The third-order valence-electron chi connectivity index (χ3n) is 3.04. The Labute approximate surface area is 126 Å². The van der Waals surface area contributed by atoms with Gasteiger partial charge in [0.1, 0.15) is 13.2 Å². The molecule has 1 heterocycles. The molecule has 1 aliphatic heterocycles. The molecule has 0 atom stereocenters. The van der Waals surface area contributed by atoms with Gasteiger partial charge in [-0.3, -0.25) is 4.79 Å². The van der Waals surface area contributed by atoms with Gasteiger partial charge in [0.2, 0.25) is 5.91 Å². The minimum absolute atomic E-state index is 0.412. The third-order valence-corrected chi connectivity index (χ3v) is 4.19. The molecule has 4 N–H and O–H groups in total. The van der Waals surface area contributed by atoms with Crippen molar-refractivity contribution in [2.75, 3.05) is 18.9 Å². The number of fused-ring (bicyclic) bond motifs is 1. The van der Waals surface area contributed by atoms with E-state index < -0.39 is 5.91 Å². The predicted octanol–water partition coefficient (Wildman–Crippen LogP) is 2.29. The lowest BCUT2D eigenvalue weighted by molar-refractivity contribution is 0.0997. The van der Waals surface area contributed by atoms with Crippen molar-refractivity contribution in [1.29, 1.82) is 0 Å². The first-order valence-corrected chi connectivity index (χ1v) is 7.22. The molecule has 0 unspecified atom stereocenters. The number of ether oxygens (including phenoxy) is 2. The summed E-state index contributed by atoms with van der Waals surface area (Å²) in [5, 5.41) is 0. The lowest BCUT2D eigenvalue weighted by atomic mass is 10.2. The Morgan fingerprint density at radius 2 is 1.86 bits per heavy atom. The molecule has 0 spiro atoms. The fraction of sp³-hybridized carbons (Fsp3) is 0.133. The molecule has 0 aromatic heterocycles. The SMILES string of the molecule is NC(=O)c1cccc(N)c1Sc1ccc2c(c1)OCCO2. The number of anilines is 1. The quantitative estimate of drug-likeness (QED) is 0.849. The van der Waals surface area contributed by atoms with E-state index in [0.29, 0.717) is 35.1 Å². The molecule has 6 heteroatoms. The second-order valence-electron chi connectivity index (χ2n) is 4.50. The van der Waals surface area contributed by atoms with E-state index in [2.05, 4.69) is 0 Å². The van der Waals surface area contributed by atoms with Crippen LogP contribution in [-0.2, 0) is 0 Å². The number of hydrogen-bond acceptors (Lipinski definition) is 5. The molecule has 0 saturated heterocycles. The number of amides is 1. The van der Waals surface area contributed by atoms with Crippen LogP contribution in [0.1, 0.15) is 10.4 Å². The van der Waals surface area contributed by atoms with Gasteiger partial charge in [-0.2, -0.15) is 0 Å². The van der Waals surface area contributed by atoms with Crippen molar-refractivity contribution in [2.24, 2.45) is 5.73 Å². The fourth-order valence-electron chi connectivity index (χ4n) is 2.07. The van der Waals surface area contributed by atoms with Crippen molar-refractivity contribution < 1.29 is 14.3 Å². The average Bonchev–Trinajstić information content (AvgIpc) is 2.49. The first-order valence-electron chi connectivity index (χ1n) is 6.41. The highest BCUT2D eigenvalue weighted by molar-refractivity contribution is 7.99. The fourth-order valence-corrected chi connectivity index (χ4v) is 3.07. The Bertz CT molecular complexity index is 703. The number of carbonyl (C=O) groups is 1. The maximum atomic E-state index is 11.5. The lowest BCUT2D eigenvalue weighted by Crippen LogP contribution is -2.15. The molecule has 0 fully saturated rings. The van der Waals surface area contributed by atoms with Crippen LogP contribution in [0.2, 0.25) is 0 Å². The topological polar surface area (TPSA) is 87.6 Å². The van der Waals surface area contributed by atoms with Crippen molar-refractivity contribution in [1.82, 2.24) is 0 Å². The smallest absolute Gasteiger partial charge is 0.249 e. The highest BCUT2D eigenvalue weighted by Crippen LogP contribution is 2.39. The van der Waals surface area contributed by atoms with Gasteiger partial charge in [-0.25, -0.2) is 0 Å². The van der Waals surface area contributed by atoms with Gasteiger partial charge < -0.3 is 20.9 Å². The van der Waals surface area contributed by atoms with Crippen LogP contribution in [0.25, 0.3) is 0 Å². The van der Waals surface area contributed by atoms with Gasteiger partial charge in [0.25, 0.3) is 0 Å². The molecule has 108 valence electrons. The molecule has 0 saturated carbocycles. The first-order chi connectivity index (χ1) is 10.1. The number of carbonyl (C=O) groups excluding carboxylic acids is 1. The number of nitrogens with two attached hydrogens (primary N) is 2. The lowest BCUT2D eigenvalue weighted by Gasteiger charge is -2.19. The number of nitrogen functional groups attached to an aromatic ring is 1. The second-order valence-corrected chi connectivity index (χ2v) is 5.58. The van der Waals surface area contributed by atoms with E-state index in [1.807, 2.05) is 18.2 Å². The van der Waals surface area contributed by atoms with Crippen molar-refractivity contribution in [3.05, 3.63) is 42.0 Å². The van der Waals surface area contributed by atoms with Crippen molar-refractivity contribution in [3.8, 4) is 11.5 Å². The Balaban J connectivity index is 1.95. The Morgan fingerprint density at radius 3 is 2.62 bits per heavy atom. The zero-order valence-corrected chi connectivity index (χ0v) is 12.0. The zero-order chi connectivity index (χ0) is 14.8. The van der Waals surface area contributed by atoms with Gasteiger partial charge in [0.15, 0.2) is 11.5 Å². The summed E-state index contributed by atoms with van der Waals surface area (Å²) >= 11 is 1.38. The van der Waals surface area contributed by atoms with Crippen LogP contribution in [0.3, 0.4) is 0 Å². The molecule has 0 aliphatic carbocycles. The molecule has 3 rings (SSSR count). The van der Waals surface area contributed by atoms with Crippen LogP contribution in [0.5, 0.6) is 11.5 Å². The monoisotopic (exact) mass is 302 g/mol. The first kappa shape index (κ1) is 13.6. The maximum Gasteiger partial charge on any atom is 0.249 e. The molecule has 5 nitrogen and oxygen atoms in total. The Morgan fingerprint density at radius 1 is 1.10 bits per heavy atom. The van der Waals surface area contributed by atoms with E-state index in [0.717, 1.165) is 10.6 Å². The van der Waals surface area contributed by atoms with Gasteiger partial charge in [0.05, 0.1) is 5.56 Å². The minimum atomic E-state index is -0.498. The second kappa shape index (κ2) is 5.57. The molecule has 0 bridgehead atoms. The van der Waals surface area contributed by atoms with Gasteiger partial charge in [-0.15, -0.1) is 0 Å². The molecule has 2 aromatic carbocycles. The van der Waals surface area contributed by atoms with Crippen LogP contribution in [0.4, 0.5) is 5.69 Å². The molecular formula is C15H14N2O3S. The molecule has 1 aliphatic rings. The average molecular weight is 302 g/mol. The maximum absolute atomic E-state index is 11.5. The minimum Gasteiger partial charge on any atom is -0.486 e. The van der Waals surface area contributed by atoms with Crippen molar-refractivity contribution in [3.63, 3.8) is 0 Å². The number of benzene rings is 2. The summed E-state index contributed by atoms with van der Waals surface area (Å²) in [6.07, 6.45) is 0. The largest absolute Gasteiger partial charge is 0.486 e. The summed E-state index contributed by atoms with van der Waals surface area (Å²) in [7, 11) is 0. The van der Waals surface area contributed by atoms with Crippen LogP contribution in [-0.4, -0.2) is 19.1 Å². The van der Waals surface area contributed by atoms with Gasteiger partial charge in [0, 0.05) is 15.5 Å². The number of hydrogen-bond donors (Lipinski definition) is 2. The summed E-state index contributed by atoms with van der Waals surface area (Å²) in [4.78, 5) is 13.1. The summed E-state index contributed by atoms with van der Waals surface area (Å²) in [5.41, 5.74) is 12.3. The van der Waals surface area contributed by atoms with Crippen LogP contribution in [0.15, 0.2) is 46.2 Å². The zero-order valence-electron chi connectivity index (χ0n) is 11.2. The van der Waals surface area contributed by atoms with Crippen LogP contribution >= 0.6 is 11.8 Å². The summed E-state index contributed by atoms with van der Waals surface area (Å²) < 4.78 is 11.0. The molecule has 21 heavy (non-hydrogen) atoms. The van der Waals surface area contributed by atoms with E-state index >= 15 is 0 Å². The summed E-state index contributed by atoms with van der Waals surface area (Å²) in [6.45, 7) is 1.08. The van der Waals surface area contributed by atoms with Crippen LogP contribution < -0.4 is 20.9 Å².